The minimum Gasteiger partial charge on any atom is -0.497 e. The third-order valence-corrected chi connectivity index (χ3v) is 2.79. The number of nitrogens with two attached hydrogens (primary N) is 1. The first-order valence-corrected chi connectivity index (χ1v) is 5.78. The fourth-order valence-electron chi connectivity index (χ4n) is 1.72. The fourth-order valence-corrected chi connectivity index (χ4v) is 1.72. The van der Waals surface area contributed by atoms with Gasteiger partial charge in [0.15, 0.2) is 0 Å². The summed E-state index contributed by atoms with van der Waals surface area (Å²) in [5.41, 5.74) is 7.50. The normalized spacial score (nSPS) is 10.2. The van der Waals surface area contributed by atoms with Crippen LogP contribution in [0.1, 0.15) is 5.69 Å². The van der Waals surface area contributed by atoms with Crippen molar-refractivity contribution in [1.29, 1.82) is 0 Å². The fraction of sp³-hybridized carbons (Fsp3) is 0.214. The van der Waals surface area contributed by atoms with Gasteiger partial charge in [0.1, 0.15) is 11.6 Å². The minimum absolute atomic E-state index is 0.444. The van der Waals surface area contributed by atoms with Gasteiger partial charge in [-0.2, -0.15) is 0 Å². The molecule has 18 heavy (non-hydrogen) atoms. The van der Waals surface area contributed by atoms with Gasteiger partial charge in [0.2, 0.25) is 0 Å². The number of methoxy groups -OCH3 is 1. The van der Waals surface area contributed by atoms with Crippen LogP contribution in [0.4, 0.5) is 11.5 Å². The maximum atomic E-state index is 5.60. The first-order chi connectivity index (χ1) is 8.74. The molecule has 0 aliphatic carbocycles. The summed E-state index contributed by atoms with van der Waals surface area (Å²) in [6.07, 6.45) is 0. The van der Waals surface area contributed by atoms with E-state index < -0.39 is 0 Å². The molecule has 2 N–H and O–H groups in total. The van der Waals surface area contributed by atoms with E-state index in [1.54, 1.807) is 7.11 Å². The molecule has 0 bridgehead atoms. The third-order valence-electron chi connectivity index (χ3n) is 2.79. The predicted octanol–water partition coefficient (Wildman–Crippen LogP) is 2.32. The Bertz CT molecular complexity index is 480. The Kier molecular flexibility index (Phi) is 3.79. The SMILES string of the molecule is COc1cccc(N(C)c2cccc(CN)n2)c1. The van der Waals surface area contributed by atoms with Crippen molar-refractivity contribution in [2.24, 2.45) is 5.73 Å². The summed E-state index contributed by atoms with van der Waals surface area (Å²) in [4.78, 5) is 6.48. The Morgan fingerprint density at radius 3 is 2.72 bits per heavy atom. The Morgan fingerprint density at radius 2 is 2.00 bits per heavy atom. The molecule has 0 saturated heterocycles. The van der Waals surface area contributed by atoms with Crippen molar-refractivity contribution < 1.29 is 4.74 Å². The van der Waals surface area contributed by atoms with E-state index >= 15 is 0 Å². The lowest BCUT2D eigenvalue weighted by atomic mass is 10.2. The summed E-state index contributed by atoms with van der Waals surface area (Å²) >= 11 is 0. The molecule has 0 unspecified atom stereocenters. The first-order valence-electron chi connectivity index (χ1n) is 5.78. The summed E-state index contributed by atoms with van der Waals surface area (Å²) in [5, 5.41) is 0. The Morgan fingerprint density at radius 1 is 1.22 bits per heavy atom. The molecule has 2 aromatic rings. The zero-order valence-electron chi connectivity index (χ0n) is 10.6. The summed E-state index contributed by atoms with van der Waals surface area (Å²) < 4.78 is 5.22. The van der Waals surface area contributed by atoms with Crippen LogP contribution in [-0.4, -0.2) is 19.1 Å². The van der Waals surface area contributed by atoms with Crippen molar-refractivity contribution in [3.63, 3.8) is 0 Å². The molecular formula is C14H17N3O. The lowest BCUT2D eigenvalue weighted by Gasteiger charge is -2.19. The second-order valence-electron chi connectivity index (χ2n) is 3.95. The molecule has 0 spiro atoms. The number of rotatable bonds is 4. The van der Waals surface area contributed by atoms with Crippen molar-refractivity contribution in [2.45, 2.75) is 6.54 Å². The molecule has 0 saturated carbocycles. The molecule has 0 aliphatic heterocycles. The van der Waals surface area contributed by atoms with Gasteiger partial charge in [0.25, 0.3) is 0 Å². The van der Waals surface area contributed by atoms with Crippen LogP contribution in [0.25, 0.3) is 0 Å². The molecule has 1 heterocycles. The van der Waals surface area contributed by atoms with E-state index in [4.69, 9.17) is 10.5 Å². The van der Waals surface area contributed by atoms with Gasteiger partial charge in [-0.05, 0) is 24.3 Å². The van der Waals surface area contributed by atoms with Gasteiger partial charge in [0.05, 0.1) is 12.8 Å². The second kappa shape index (κ2) is 5.51. The molecule has 4 heteroatoms. The van der Waals surface area contributed by atoms with Crippen LogP contribution in [0.3, 0.4) is 0 Å². The highest BCUT2D eigenvalue weighted by molar-refractivity contribution is 5.60. The molecule has 2 rings (SSSR count). The molecule has 94 valence electrons. The van der Waals surface area contributed by atoms with E-state index in [1.807, 2.05) is 54.4 Å². The number of nitrogens with zero attached hydrogens (tertiary/aromatic N) is 2. The first kappa shape index (κ1) is 12.4. The molecule has 0 radical (unpaired) electrons. The molecule has 1 aromatic carbocycles. The van der Waals surface area contributed by atoms with Crippen LogP contribution < -0.4 is 15.4 Å². The number of benzene rings is 1. The van der Waals surface area contributed by atoms with Gasteiger partial charge >= 0.3 is 0 Å². The van der Waals surface area contributed by atoms with E-state index in [0.29, 0.717) is 6.54 Å². The molecule has 1 aromatic heterocycles. The lowest BCUT2D eigenvalue weighted by molar-refractivity contribution is 0.415. The molecule has 0 amide bonds. The van der Waals surface area contributed by atoms with Gasteiger partial charge in [0, 0.05) is 25.3 Å². The highest BCUT2D eigenvalue weighted by Crippen LogP contribution is 2.25. The highest BCUT2D eigenvalue weighted by Gasteiger charge is 2.06. The zero-order chi connectivity index (χ0) is 13.0. The van der Waals surface area contributed by atoms with Crippen molar-refractivity contribution in [3.05, 3.63) is 48.2 Å². The topological polar surface area (TPSA) is 51.4 Å². The molecular weight excluding hydrogens is 226 g/mol. The Labute approximate surface area is 107 Å². The number of aromatic nitrogens is 1. The molecule has 4 nitrogen and oxygen atoms in total. The van der Waals surface area contributed by atoms with Crippen LogP contribution in [0, 0.1) is 0 Å². The van der Waals surface area contributed by atoms with Crippen molar-refractivity contribution in [2.75, 3.05) is 19.1 Å². The van der Waals surface area contributed by atoms with Crippen LogP contribution >= 0.6 is 0 Å². The quantitative estimate of drug-likeness (QED) is 0.895. The standard InChI is InChI=1S/C14H17N3O/c1-17(12-6-4-7-13(9-12)18-2)14-8-3-5-11(10-15)16-14/h3-9H,10,15H2,1-2H3. The van der Waals surface area contributed by atoms with Crippen LogP contribution in [0.5, 0.6) is 5.75 Å². The van der Waals surface area contributed by atoms with Crippen LogP contribution in [-0.2, 0) is 6.54 Å². The molecule has 0 atom stereocenters. The van der Waals surface area contributed by atoms with Crippen LogP contribution in [0.2, 0.25) is 0 Å². The van der Waals surface area contributed by atoms with E-state index in [9.17, 15) is 0 Å². The number of anilines is 2. The van der Waals surface area contributed by atoms with Gasteiger partial charge in [-0.15, -0.1) is 0 Å². The molecule has 0 fully saturated rings. The number of hydrogen-bond donors (Lipinski definition) is 1. The van der Waals surface area contributed by atoms with Crippen molar-refractivity contribution in [1.82, 2.24) is 4.98 Å². The van der Waals surface area contributed by atoms with Gasteiger partial charge < -0.3 is 15.4 Å². The second-order valence-corrected chi connectivity index (χ2v) is 3.95. The lowest BCUT2D eigenvalue weighted by Crippen LogP contribution is -2.12. The number of ether oxygens (including phenoxy) is 1. The average molecular weight is 243 g/mol. The highest BCUT2D eigenvalue weighted by atomic mass is 16.5. The maximum absolute atomic E-state index is 5.60. The van der Waals surface area contributed by atoms with Crippen LogP contribution in [0.15, 0.2) is 42.5 Å². The number of pyridine rings is 1. The van der Waals surface area contributed by atoms with Crippen molar-refractivity contribution in [3.8, 4) is 5.75 Å². The predicted molar refractivity (Wildman–Crippen MR) is 73.2 cm³/mol. The zero-order valence-corrected chi connectivity index (χ0v) is 10.6. The Hall–Kier alpha value is -2.07. The summed E-state index contributed by atoms with van der Waals surface area (Å²) in [5.74, 6) is 1.69. The van der Waals surface area contributed by atoms with E-state index in [0.717, 1.165) is 22.9 Å². The summed E-state index contributed by atoms with van der Waals surface area (Å²) in [6, 6.07) is 13.7. The average Bonchev–Trinajstić information content (AvgIpc) is 2.46. The smallest absolute Gasteiger partial charge is 0.133 e. The maximum Gasteiger partial charge on any atom is 0.133 e. The minimum atomic E-state index is 0.444. The van der Waals surface area contributed by atoms with E-state index in [-0.39, 0.29) is 0 Å². The van der Waals surface area contributed by atoms with Crippen molar-refractivity contribution >= 4 is 11.5 Å². The third kappa shape index (κ3) is 2.60. The largest absolute Gasteiger partial charge is 0.497 e. The summed E-state index contributed by atoms with van der Waals surface area (Å²) in [6.45, 7) is 0.444. The van der Waals surface area contributed by atoms with Gasteiger partial charge in [-0.1, -0.05) is 12.1 Å². The van der Waals surface area contributed by atoms with Gasteiger partial charge in [-0.3, -0.25) is 0 Å². The molecule has 0 aliphatic rings. The monoisotopic (exact) mass is 243 g/mol. The summed E-state index contributed by atoms with van der Waals surface area (Å²) in [7, 11) is 3.63. The van der Waals surface area contributed by atoms with E-state index in [1.165, 1.54) is 0 Å². The van der Waals surface area contributed by atoms with E-state index in [2.05, 4.69) is 4.98 Å². The van der Waals surface area contributed by atoms with Gasteiger partial charge in [-0.25, -0.2) is 4.98 Å². The number of hydrogen-bond acceptors (Lipinski definition) is 4. The Balaban J connectivity index is 2.31.